The van der Waals surface area contributed by atoms with Crippen molar-refractivity contribution >= 4 is 21.8 Å². The van der Waals surface area contributed by atoms with Crippen molar-refractivity contribution in [1.29, 1.82) is 0 Å². The minimum atomic E-state index is -0.299. The van der Waals surface area contributed by atoms with E-state index >= 15 is 0 Å². The Kier molecular flexibility index (Phi) is 3.02. The lowest BCUT2D eigenvalue weighted by Crippen LogP contribution is -2.31. The molecule has 0 heterocycles. The van der Waals surface area contributed by atoms with Gasteiger partial charge in [0.25, 0.3) is 0 Å². The van der Waals surface area contributed by atoms with Gasteiger partial charge in [-0.2, -0.15) is 0 Å². The lowest BCUT2D eigenvalue weighted by molar-refractivity contribution is 0.627. The van der Waals surface area contributed by atoms with Crippen molar-refractivity contribution in [3.63, 3.8) is 0 Å². The minimum absolute atomic E-state index is 0.299. The fourth-order valence-corrected chi connectivity index (χ4v) is 1.68. The normalized spacial score (nSPS) is 16.6. The van der Waals surface area contributed by atoms with Gasteiger partial charge in [-0.1, -0.05) is 15.9 Å². The SMILES string of the molecule is NNC(=NC1CC1)c1cc(F)ccc1Br. The molecule has 1 saturated carbocycles. The second kappa shape index (κ2) is 4.28. The Balaban J connectivity index is 2.36. The maximum absolute atomic E-state index is 13.1. The molecule has 0 radical (unpaired) electrons. The summed E-state index contributed by atoms with van der Waals surface area (Å²) in [5.74, 6) is 5.61. The first kappa shape index (κ1) is 10.6. The second-order valence-corrected chi connectivity index (χ2v) is 4.33. The van der Waals surface area contributed by atoms with Crippen LogP contribution in [-0.2, 0) is 0 Å². The summed E-state index contributed by atoms with van der Waals surface area (Å²) in [5, 5.41) is 0. The van der Waals surface area contributed by atoms with E-state index in [2.05, 4.69) is 26.3 Å². The van der Waals surface area contributed by atoms with Gasteiger partial charge in [0.05, 0.1) is 6.04 Å². The molecule has 0 amide bonds. The molecule has 0 aromatic heterocycles. The summed E-state index contributed by atoms with van der Waals surface area (Å²) in [7, 11) is 0. The van der Waals surface area contributed by atoms with Crippen molar-refractivity contribution in [2.75, 3.05) is 0 Å². The van der Waals surface area contributed by atoms with E-state index in [1.165, 1.54) is 12.1 Å². The molecule has 3 nitrogen and oxygen atoms in total. The third kappa shape index (κ3) is 2.54. The molecule has 5 heteroatoms. The van der Waals surface area contributed by atoms with Gasteiger partial charge in [0.2, 0.25) is 0 Å². The zero-order valence-electron chi connectivity index (χ0n) is 8.00. The molecule has 1 aliphatic rings. The van der Waals surface area contributed by atoms with E-state index in [-0.39, 0.29) is 5.82 Å². The van der Waals surface area contributed by atoms with Crippen LogP contribution in [-0.4, -0.2) is 11.9 Å². The van der Waals surface area contributed by atoms with Gasteiger partial charge in [0.1, 0.15) is 11.7 Å². The molecule has 1 aromatic carbocycles. The molecular weight excluding hydrogens is 261 g/mol. The Labute approximate surface area is 95.7 Å². The molecular formula is C10H11BrFN3. The van der Waals surface area contributed by atoms with Gasteiger partial charge >= 0.3 is 0 Å². The fourth-order valence-electron chi connectivity index (χ4n) is 1.25. The Morgan fingerprint density at radius 3 is 2.87 bits per heavy atom. The van der Waals surface area contributed by atoms with Crippen LogP contribution in [0.5, 0.6) is 0 Å². The zero-order chi connectivity index (χ0) is 10.8. The highest BCUT2D eigenvalue weighted by atomic mass is 79.9. The lowest BCUT2D eigenvalue weighted by atomic mass is 10.2. The van der Waals surface area contributed by atoms with Crippen LogP contribution in [0, 0.1) is 5.82 Å². The molecule has 0 unspecified atom stereocenters. The Bertz CT molecular complexity index is 402. The fraction of sp³-hybridized carbons (Fsp3) is 0.300. The summed E-state index contributed by atoms with van der Waals surface area (Å²) in [6, 6.07) is 4.78. The number of halogens is 2. The van der Waals surface area contributed by atoms with E-state index in [4.69, 9.17) is 5.84 Å². The molecule has 2 rings (SSSR count). The van der Waals surface area contributed by atoms with E-state index in [0.717, 1.165) is 17.3 Å². The molecule has 0 atom stereocenters. The van der Waals surface area contributed by atoms with Crippen LogP contribution in [0.1, 0.15) is 18.4 Å². The maximum Gasteiger partial charge on any atom is 0.144 e. The minimum Gasteiger partial charge on any atom is -0.308 e. The topological polar surface area (TPSA) is 50.4 Å². The zero-order valence-corrected chi connectivity index (χ0v) is 9.59. The standard InChI is InChI=1S/C10H11BrFN3/c11-9-4-1-6(12)5-8(9)10(15-13)14-7-2-3-7/h1,4-5,7H,2-3,13H2,(H,14,15). The van der Waals surface area contributed by atoms with E-state index in [0.29, 0.717) is 17.4 Å². The van der Waals surface area contributed by atoms with Crippen molar-refractivity contribution in [3.05, 3.63) is 34.1 Å². The Morgan fingerprint density at radius 1 is 1.53 bits per heavy atom. The molecule has 1 aromatic rings. The third-order valence-corrected chi connectivity index (χ3v) is 2.87. The van der Waals surface area contributed by atoms with Crippen LogP contribution in [0.25, 0.3) is 0 Å². The first-order valence-electron chi connectivity index (χ1n) is 4.70. The predicted octanol–water partition coefficient (Wildman–Crippen LogP) is 1.96. The van der Waals surface area contributed by atoms with Crippen LogP contribution >= 0.6 is 15.9 Å². The highest BCUT2D eigenvalue weighted by Crippen LogP contribution is 2.25. The van der Waals surface area contributed by atoms with Gasteiger partial charge in [-0.05, 0) is 31.0 Å². The Morgan fingerprint density at radius 2 is 2.27 bits per heavy atom. The largest absolute Gasteiger partial charge is 0.308 e. The average Bonchev–Trinajstić information content (AvgIpc) is 3.02. The van der Waals surface area contributed by atoms with Crippen molar-refractivity contribution in [2.24, 2.45) is 10.8 Å². The molecule has 0 bridgehead atoms. The first-order valence-corrected chi connectivity index (χ1v) is 5.50. The molecule has 15 heavy (non-hydrogen) atoms. The van der Waals surface area contributed by atoms with Gasteiger partial charge in [-0.25, -0.2) is 10.2 Å². The smallest absolute Gasteiger partial charge is 0.144 e. The molecule has 80 valence electrons. The average molecular weight is 272 g/mol. The van der Waals surface area contributed by atoms with E-state index in [9.17, 15) is 4.39 Å². The maximum atomic E-state index is 13.1. The summed E-state index contributed by atoms with van der Waals surface area (Å²) >= 11 is 3.34. The van der Waals surface area contributed by atoms with Crippen molar-refractivity contribution in [2.45, 2.75) is 18.9 Å². The summed E-state index contributed by atoms with van der Waals surface area (Å²) in [5.41, 5.74) is 3.17. The molecule has 0 aliphatic heterocycles. The number of aliphatic imine (C=N–C) groups is 1. The number of nitrogens with two attached hydrogens (primary N) is 1. The van der Waals surface area contributed by atoms with E-state index < -0.39 is 0 Å². The number of benzene rings is 1. The van der Waals surface area contributed by atoms with Gasteiger partial charge in [-0.3, -0.25) is 4.99 Å². The van der Waals surface area contributed by atoms with Gasteiger partial charge in [-0.15, -0.1) is 0 Å². The highest BCUT2D eigenvalue weighted by molar-refractivity contribution is 9.10. The molecule has 0 spiro atoms. The third-order valence-electron chi connectivity index (χ3n) is 2.18. The quantitative estimate of drug-likeness (QED) is 0.374. The molecule has 1 aliphatic carbocycles. The van der Waals surface area contributed by atoms with Crippen LogP contribution in [0.3, 0.4) is 0 Å². The number of hydrazine groups is 1. The predicted molar refractivity (Wildman–Crippen MR) is 61.0 cm³/mol. The number of nitrogens with zero attached hydrogens (tertiary/aromatic N) is 1. The second-order valence-electron chi connectivity index (χ2n) is 3.48. The lowest BCUT2D eigenvalue weighted by Gasteiger charge is -2.07. The monoisotopic (exact) mass is 271 g/mol. The van der Waals surface area contributed by atoms with Gasteiger partial charge < -0.3 is 5.43 Å². The van der Waals surface area contributed by atoms with Crippen LogP contribution in [0.2, 0.25) is 0 Å². The van der Waals surface area contributed by atoms with Crippen molar-refractivity contribution < 1.29 is 4.39 Å². The summed E-state index contributed by atoms with van der Waals surface area (Å²) in [6.45, 7) is 0. The van der Waals surface area contributed by atoms with Crippen LogP contribution in [0.4, 0.5) is 4.39 Å². The number of amidine groups is 1. The summed E-state index contributed by atoms with van der Waals surface area (Å²) in [6.07, 6.45) is 2.16. The number of hydrogen-bond donors (Lipinski definition) is 2. The van der Waals surface area contributed by atoms with Gasteiger partial charge in [0.15, 0.2) is 0 Å². The molecule has 3 N–H and O–H groups in total. The molecule has 1 fully saturated rings. The molecule has 0 saturated heterocycles. The first-order chi connectivity index (χ1) is 7.20. The Hall–Kier alpha value is -0.940. The van der Waals surface area contributed by atoms with Crippen molar-refractivity contribution in [1.82, 2.24) is 5.43 Å². The van der Waals surface area contributed by atoms with E-state index in [1.54, 1.807) is 6.07 Å². The summed E-state index contributed by atoms with van der Waals surface area (Å²) < 4.78 is 13.8. The number of hydrogen-bond acceptors (Lipinski definition) is 2. The van der Waals surface area contributed by atoms with E-state index in [1.807, 2.05) is 0 Å². The van der Waals surface area contributed by atoms with Crippen LogP contribution in [0.15, 0.2) is 27.7 Å². The number of rotatable bonds is 2. The highest BCUT2D eigenvalue weighted by Gasteiger charge is 2.22. The summed E-state index contributed by atoms with van der Waals surface area (Å²) in [4.78, 5) is 4.36. The van der Waals surface area contributed by atoms with Gasteiger partial charge in [0, 0.05) is 10.0 Å². The van der Waals surface area contributed by atoms with Crippen LogP contribution < -0.4 is 11.3 Å². The van der Waals surface area contributed by atoms with Crippen molar-refractivity contribution in [3.8, 4) is 0 Å². The number of nitrogens with one attached hydrogen (secondary N) is 1.